The van der Waals surface area contributed by atoms with Crippen molar-refractivity contribution in [3.8, 4) is 28.5 Å². The lowest BCUT2D eigenvalue weighted by Gasteiger charge is -2.13. The van der Waals surface area contributed by atoms with Crippen molar-refractivity contribution < 1.29 is 4.42 Å². The Bertz CT molecular complexity index is 2170. The van der Waals surface area contributed by atoms with E-state index in [1.54, 1.807) is 0 Å². The van der Waals surface area contributed by atoms with E-state index in [2.05, 4.69) is 72.8 Å². The Balaban J connectivity index is 1.38. The monoisotopic (exact) mass is 499 g/mol. The fourth-order valence-corrected chi connectivity index (χ4v) is 5.87. The molecule has 0 spiro atoms. The average molecular weight is 500 g/mol. The first-order valence-corrected chi connectivity index (χ1v) is 13.1. The standard InChI is InChI=1S/C35H21N3O/c36-19-21-10-14-31-28(16-21)29-17-23(12-15-32(29)39-31)24-11-13-27-30(18-24)38-34(22-6-2-1-3-7-22)35-33(27)26-9-5-4-8-25(26)20-37-35/h1-15,17-18,20-21H,16H2. The molecule has 1 aliphatic carbocycles. The highest BCUT2D eigenvalue weighted by Crippen LogP contribution is 2.39. The lowest BCUT2D eigenvalue weighted by Crippen LogP contribution is -2.02. The zero-order valence-corrected chi connectivity index (χ0v) is 20.9. The highest BCUT2D eigenvalue weighted by Gasteiger charge is 2.21. The number of nitriles is 1. The maximum absolute atomic E-state index is 9.46. The normalized spacial score (nSPS) is 14.7. The molecular formula is C35H21N3O. The van der Waals surface area contributed by atoms with Gasteiger partial charge in [0.15, 0.2) is 0 Å². The molecule has 0 fully saturated rings. The Kier molecular flexibility index (Phi) is 4.68. The number of nitrogens with zero attached hydrogens (tertiary/aromatic N) is 3. The lowest BCUT2D eigenvalue weighted by atomic mass is 9.92. The molecule has 0 amide bonds. The Morgan fingerprint density at radius 1 is 0.795 bits per heavy atom. The van der Waals surface area contributed by atoms with Gasteiger partial charge in [-0.1, -0.05) is 78.9 Å². The van der Waals surface area contributed by atoms with Gasteiger partial charge >= 0.3 is 0 Å². The van der Waals surface area contributed by atoms with Crippen LogP contribution in [0, 0.1) is 17.2 Å². The first-order valence-electron chi connectivity index (χ1n) is 13.1. The highest BCUT2D eigenvalue weighted by atomic mass is 16.3. The second kappa shape index (κ2) is 8.37. The van der Waals surface area contributed by atoms with Crippen molar-refractivity contribution in [1.82, 2.24) is 9.97 Å². The van der Waals surface area contributed by atoms with E-state index in [9.17, 15) is 5.26 Å². The third-order valence-corrected chi connectivity index (χ3v) is 7.80. The maximum Gasteiger partial charge on any atom is 0.135 e. The summed E-state index contributed by atoms with van der Waals surface area (Å²) in [5, 5.41) is 15.0. The molecule has 0 saturated heterocycles. The molecule has 0 saturated carbocycles. The Hall–Kier alpha value is -5.27. The number of hydrogen-bond donors (Lipinski definition) is 0. The Morgan fingerprint density at radius 3 is 2.51 bits per heavy atom. The predicted molar refractivity (Wildman–Crippen MR) is 157 cm³/mol. The SMILES string of the molecule is N#CC1C=Cc2oc3ccc(-c4ccc5c(c4)nc(-c4ccccc4)c4ncc6ccccc6c45)cc3c2C1. The number of rotatable bonds is 2. The number of pyridine rings is 2. The molecule has 8 rings (SSSR count). The van der Waals surface area contributed by atoms with Gasteiger partial charge in [0.2, 0.25) is 0 Å². The summed E-state index contributed by atoms with van der Waals surface area (Å²) in [7, 11) is 0. The minimum absolute atomic E-state index is 0.125. The number of hydrogen-bond acceptors (Lipinski definition) is 4. The van der Waals surface area contributed by atoms with Crippen molar-refractivity contribution in [1.29, 1.82) is 5.26 Å². The van der Waals surface area contributed by atoms with Gasteiger partial charge in [0, 0.05) is 38.9 Å². The summed E-state index contributed by atoms with van der Waals surface area (Å²) in [5.74, 6) is 0.729. The van der Waals surface area contributed by atoms with Crippen LogP contribution in [-0.4, -0.2) is 9.97 Å². The van der Waals surface area contributed by atoms with E-state index in [1.807, 2.05) is 42.6 Å². The van der Waals surface area contributed by atoms with Gasteiger partial charge in [-0.15, -0.1) is 0 Å². The minimum Gasteiger partial charge on any atom is -0.456 e. The van der Waals surface area contributed by atoms with Gasteiger partial charge in [0.05, 0.1) is 28.7 Å². The highest BCUT2D eigenvalue weighted by molar-refractivity contribution is 6.21. The topological polar surface area (TPSA) is 62.7 Å². The van der Waals surface area contributed by atoms with Crippen LogP contribution in [0.25, 0.3) is 72.0 Å². The quantitative estimate of drug-likeness (QED) is 0.223. The molecule has 3 aromatic heterocycles. The van der Waals surface area contributed by atoms with Gasteiger partial charge in [-0.25, -0.2) is 4.98 Å². The van der Waals surface area contributed by atoms with E-state index in [-0.39, 0.29) is 5.92 Å². The van der Waals surface area contributed by atoms with Crippen LogP contribution in [0.15, 0.2) is 108 Å². The number of benzene rings is 4. The molecule has 182 valence electrons. The smallest absolute Gasteiger partial charge is 0.135 e. The van der Waals surface area contributed by atoms with Crippen LogP contribution in [-0.2, 0) is 6.42 Å². The second-order valence-electron chi connectivity index (χ2n) is 10.1. The van der Waals surface area contributed by atoms with Crippen LogP contribution >= 0.6 is 0 Å². The fraction of sp³-hybridized carbons (Fsp3) is 0.0571. The molecule has 4 aromatic carbocycles. The van der Waals surface area contributed by atoms with Crippen molar-refractivity contribution in [2.75, 3.05) is 0 Å². The molecular weight excluding hydrogens is 478 g/mol. The average Bonchev–Trinajstić information content (AvgIpc) is 3.37. The first kappa shape index (κ1) is 21.8. The third kappa shape index (κ3) is 3.37. The molecule has 1 unspecified atom stereocenters. The van der Waals surface area contributed by atoms with E-state index in [4.69, 9.17) is 14.4 Å². The summed E-state index contributed by atoms with van der Waals surface area (Å²) >= 11 is 0. The number of fused-ring (bicyclic) bond motifs is 8. The number of allylic oxidation sites excluding steroid dienone is 1. The molecule has 4 heteroatoms. The Morgan fingerprint density at radius 2 is 1.62 bits per heavy atom. The number of furan rings is 1. The van der Waals surface area contributed by atoms with Crippen molar-refractivity contribution in [3.05, 3.63) is 115 Å². The van der Waals surface area contributed by atoms with Gasteiger partial charge < -0.3 is 4.42 Å². The summed E-state index contributed by atoms with van der Waals surface area (Å²) in [4.78, 5) is 10.1. The van der Waals surface area contributed by atoms with Crippen molar-refractivity contribution in [2.24, 2.45) is 5.92 Å². The summed E-state index contributed by atoms with van der Waals surface area (Å²) < 4.78 is 6.08. The summed E-state index contributed by atoms with van der Waals surface area (Å²) in [5.41, 5.74) is 7.90. The fourth-order valence-electron chi connectivity index (χ4n) is 5.87. The molecule has 7 aromatic rings. The van der Waals surface area contributed by atoms with E-state index >= 15 is 0 Å². The maximum atomic E-state index is 9.46. The molecule has 39 heavy (non-hydrogen) atoms. The minimum atomic E-state index is -0.125. The van der Waals surface area contributed by atoms with Gasteiger partial charge in [-0.2, -0.15) is 5.26 Å². The van der Waals surface area contributed by atoms with Crippen LogP contribution in [0.3, 0.4) is 0 Å². The molecule has 4 nitrogen and oxygen atoms in total. The van der Waals surface area contributed by atoms with E-state index in [0.29, 0.717) is 6.42 Å². The molecule has 0 radical (unpaired) electrons. The zero-order chi connectivity index (χ0) is 25.9. The molecule has 1 atom stereocenters. The largest absolute Gasteiger partial charge is 0.456 e. The zero-order valence-electron chi connectivity index (χ0n) is 20.9. The van der Waals surface area contributed by atoms with Crippen LogP contribution in [0.4, 0.5) is 0 Å². The molecule has 0 bridgehead atoms. The second-order valence-corrected chi connectivity index (χ2v) is 10.1. The molecule has 0 aliphatic heterocycles. The third-order valence-electron chi connectivity index (χ3n) is 7.80. The lowest BCUT2D eigenvalue weighted by molar-refractivity contribution is 0.590. The summed E-state index contributed by atoms with van der Waals surface area (Å²) in [6.07, 6.45) is 6.47. The van der Waals surface area contributed by atoms with E-state index < -0.39 is 0 Å². The Labute approximate surface area is 224 Å². The van der Waals surface area contributed by atoms with Crippen molar-refractivity contribution in [3.63, 3.8) is 0 Å². The molecule has 0 N–H and O–H groups in total. The van der Waals surface area contributed by atoms with E-state index in [0.717, 1.165) is 71.9 Å². The van der Waals surface area contributed by atoms with Crippen LogP contribution < -0.4 is 0 Å². The van der Waals surface area contributed by atoms with Crippen LogP contribution in [0.1, 0.15) is 11.3 Å². The van der Waals surface area contributed by atoms with Crippen molar-refractivity contribution in [2.45, 2.75) is 6.42 Å². The van der Waals surface area contributed by atoms with E-state index in [1.165, 1.54) is 5.39 Å². The molecule has 3 heterocycles. The van der Waals surface area contributed by atoms with Gasteiger partial charge in [-0.05, 0) is 47.2 Å². The van der Waals surface area contributed by atoms with Crippen molar-refractivity contribution >= 4 is 49.6 Å². The predicted octanol–water partition coefficient (Wildman–Crippen LogP) is 8.73. The van der Waals surface area contributed by atoms with Gasteiger partial charge in [-0.3, -0.25) is 4.98 Å². The summed E-state index contributed by atoms with van der Waals surface area (Å²) in [6, 6.07) is 33.9. The van der Waals surface area contributed by atoms with Crippen LogP contribution in [0.2, 0.25) is 0 Å². The first-order chi connectivity index (χ1) is 19.3. The van der Waals surface area contributed by atoms with Gasteiger partial charge in [0.25, 0.3) is 0 Å². The van der Waals surface area contributed by atoms with Gasteiger partial charge in [0.1, 0.15) is 11.3 Å². The van der Waals surface area contributed by atoms with Crippen LogP contribution in [0.5, 0.6) is 0 Å². The number of aromatic nitrogens is 2. The summed E-state index contributed by atoms with van der Waals surface area (Å²) in [6.45, 7) is 0. The molecule has 1 aliphatic rings.